The summed E-state index contributed by atoms with van der Waals surface area (Å²) >= 11 is 12.5. The normalized spacial score (nSPS) is 31.6. The maximum atomic E-state index is 6.27. The van der Waals surface area contributed by atoms with E-state index in [1.165, 1.54) is 0 Å². The Kier molecular flexibility index (Phi) is 4.73. The van der Waals surface area contributed by atoms with Crippen molar-refractivity contribution in [1.29, 1.82) is 0 Å². The quantitative estimate of drug-likeness (QED) is 0.566. The Balaban J connectivity index is 1.55. The van der Waals surface area contributed by atoms with Crippen molar-refractivity contribution in [2.24, 2.45) is 15.6 Å². The van der Waals surface area contributed by atoms with E-state index in [4.69, 9.17) is 28.3 Å². The number of rotatable bonds is 4. The lowest BCUT2D eigenvalue weighted by Crippen LogP contribution is -2.74. The average Bonchev–Trinajstić information content (AvgIpc) is 2.66. The molecule has 144 valence electrons. The summed E-state index contributed by atoms with van der Waals surface area (Å²) < 4.78 is 0. The summed E-state index contributed by atoms with van der Waals surface area (Å²) in [6.45, 7) is 6.15. The SMILES string of the molecule is Clc1cccc(Cl)c1/C=N/N=C(c1ccccc1)C12CN3CN(CN(C3)C1)C2. The molecule has 6 rings (SSSR count). The summed E-state index contributed by atoms with van der Waals surface area (Å²) in [5.41, 5.74) is 2.81. The fraction of sp³-hybridized carbons (Fsp3) is 0.333. The van der Waals surface area contributed by atoms with E-state index >= 15 is 0 Å². The molecule has 4 aliphatic heterocycles. The van der Waals surface area contributed by atoms with Crippen molar-refractivity contribution in [2.45, 2.75) is 0 Å². The van der Waals surface area contributed by atoms with Crippen molar-refractivity contribution in [1.82, 2.24) is 14.7 Å². The fourth-order valence-electron chi connectivity index (χ4n) is 4.79. The van der Waals surface area contributed by atoms with Gasteiger partial charge in [0, 0.05) is 25.2 Å². The van der Waals surface area contributed by atoms with Gasteiger partial charge in [-0.05, 0) is 17.7 Å². The highest BCUT2D eigenvalue weighted by Crippen LogP contribution is 2.38. The van der Waals surface area contributed by atoms with Crippen LogP contribution in [0.1, 0.15) is 11.1 Å². The third-order valence-corrected chi connectivity index (χ3v) is 6.33. The van der Waals surface area contributed by atoms with Crippen molar-refractivity contribution >= 4 is 35.1 Å². The molecule has 4 fully saturated rings. The first-order chi connectivity index (χ1) is 13.6. The van der Waals surface area contributed by atoms with Gasteiger partial charge in [0.05, 0.1) is 47.4 Å². The van der Waals surface area contributed by atoms with Crippen LogP contribution in [0.2, 0.25) is 10.0 Å². The minimum absolute atomic E-state index is 0.0439. The van der Waals surface area contributed by atoms with Crippen LogP contribution in [0.15, 0.2) is 58.7 Å². The van der Waals surface area contributed by atoms with Crippen LogP contribution in [-0.4, -0.2) is 66.3 Å². The average molecular weight is 414 g/mol. The molecule has 28 heavy (non-hydrogen) atoms. The third kappa shape index (κ3) is 3.27. The molecule has 7 heteroatoms. The summed E-state index contributed by atoms with van der Waals surface area (Å²) in [7, 11) is 0. The van der Waals surface area contributed by atoms with Gasteiger partial charge in [-0.1, -0.05) is 59.6 Å². The second kappa shape index (κ2) is 7.25. The van der Waals surface area contributed by atoms with Gasteiger partial charge in [-0.15, -0.1) is 0 Å². The second-order valence-corrected chi connectivity index (χ2v) is 8.70. The van der Waals surface area contributed by atoms with Gasteiger partial charge in [-0.25, -0.2) is 0 Å². The number of hydrogen-bond donors (Lipinski definition) is 0. The van der Waals surface area contributed by atoms with E-state index in [0.29, 0.717) is 15.6 Å². The molecular weight excluding hydrogens is 393 g/mol. The Hall–Kier alpha value is -1.76. The molecule has 4 saturated heterocycles. The first kappa shape index (κ1) is 18.3. The number of nitrogens with zero attached hydrogens (tertiary/aromatic N) is 5. The standard InChI is InChI=1S/C21H21Cl2N5/c22-18-7-4-8-19(23)17(18)9-24-25-20(16-5-2-1-3-6-16)21-10-26-13-27(11-21)15-28(12-21)14-26/h1-9H,10-15H2/b24-9+,25-20?. The molecule has 0 N–H and O–H groups in total. The van der Waals surface area contributed by atoms with E-state index in [1.807, 2.05) is 24.3 Å². The zero-order valence-electron chi connectivity index (χ0n) is 15.4. The number of benzene rings is 2. The number of halogens is 2. The minimum Gasteiger partial charge on any atom is -0.276 e. The van der Waals surface area contributed by atoms with E-state index in [9.17, 15) is 0 Å². The second-order valence-electron chi connectivity index (χ2n) is 7.89. The first-order valence-corrected chi connectivity index (χ1v) is 10.2. The third-order valence-electron chi connectivity index (χ3n) is 5.67. The lowest BCUT2D eigenvalue weighted by atomic mass is 9.74. The maximum absolute atomic E-state index is 6.27. The maximum Gasteiger partial charge on any atom is 0.0802 e. The van der Waals surface area contributed by atoms with Gasteiger partial charge in [0.2, 0.25) is 0 Å². The minimum atomic E-state index is -0.0439. The van der Waals surface area contributed by atoms with Crippen LogP contribution in [0.3, 0.4) is 0 Å². The van der Waals surface area contributed by atoms with Gasteiger partial charge in [-0.2, -0.15) is 10.2 Å². The Bertz CT molecular complexity index is 886. The first-order valence-electron chi connectivity index (χ1n) is 9.41. The number of hydrogen-bond acceptors (Lipinski definition) is 5. The summed E-state index contributed by atoms with van der Waals surface area (Å²) in [4.78, 5) is 7.47. The van der Waals surface area contributed by atoms with E-state index in [1.54, 1.807) is 6.21 Å². The zero-order valence-corrected chi connectivity index (χ0v) is 16.9. The molecule has 0 saturated carbocycles. The molecule has 0 aromatic heterocycles. The molecule has 0 aliphatic carbocycles. The van der Waals surface area contributed by atoms with Crippen LogP contribution >= 0.6 is 23.2 Å². The molecule has 0 atom stereocenters. The zero-order chi connectivity index (χ0) is 19.1. The van der Waals surface area contributed by atoms with Gasteiger partial charge in [0.1, 0.15) is 0 Å². The summed E-state index contributed by atoms with van der Waals surface area (Å²) in [5, 5.41) is 10.3. The molecule has 0 unspecified atom stereocenters. The van der Waals surface area contributed by atoms with Crippen LogP contribution in [-0.2, 0) is 0 Å². The van der Waals surface area contributed by atoms with Crippen LogP contribution in [0, 0.1) is 5.41 Å². The summed E-state index contributed by atoms with van der Waals surface area (Å²) in [5.74, 6) is 0. The molecule has 4 aliphatic rings. The Morgan fingerprint density at radius 1 is 0.821 bits per heavy atom. The van der Waals surface area contributed by atoms with Crippen molar-refractivity contribution in [3.05, 3.63) is 69.7 Å². The molecule has 0 spiro atoms. The van der Waals surface area contributed by atoms with Gasteiger partial charge in [0.25, 0.3) is 0 Å². The lowest BCUT2D eigenvalue weighted by molar-refractivity contribution is -0.149. The van der Waals surface area contributed by atoms with Gasteiger partial charge in [-0.3, -0.25) is 14.7 Å². The van der Waals surface area contributed by atoms with Crippen LogP contribution in [0.4, 0.5) is 0 Å². The summed E-state index contributed by atoms with van der Waals surface area (Å²) in [6, 6.07) is 15.8. The molecule has 0 radical (unpaired) electrons. The topological polar surface area (TPSA) is 34.4 Å². The predicted molar refractivity (Wildman–Crippen MR) is 114 cm³/mol. The van der Waals surface area contributed by atoms with Gasteiger partial charge in [0.15, 0.2) is 0 Å². The molecule has 4 bridgehead atoms. The molecule has 2 aromatic carbocycles. The van der Waals surface area contributed by atoms with Crippen molar-refractivity contribution in [3.63, 3.8) is 0 Å². The highest BCUT2D eigenvalue weighted by Gasteiger charge is 2.51. The van der Waals surface area contributed by atoms with E-state index in [2.05, 4.69) is 44.1 Å². The van der Waals surface area contributed by atoms with Gasteiger partial charge >= 0.3 is 0 Å². The molecule has 4 heterocycles. The highest BCUT2D eigenvalue weighted by molar-refractivity contribution is 6.38. The van der Waals surface area contributed by atoms with Crippen molar-refractivity contribution < 1.29 is 0 Å². The Morgan fingerprint density at radius 3 is 1.96 bits per heavy atom. The lowest BCUT2D eigenvalue weighted by Gasteiger charge is -2.60. The summed E-state index contributed by atoms with van der Waals surface area (Å²) in [6.07, 6.45) is 1.66. The van der Waals surface area contributed by atoms with Crippen molar-refractivity contribution in [3.8, 4) is 0 Å². The van der Waals surface area contributed by atoms with E-state index < -0.39 is 0 Å². The smallest absolute Gasteiger partial charge is 0.0802 e. The van der Waals surface area contributed by atoms with Crippen LogP contribution in [0.5, 0.6) is 0 Å². The van der Waals surface area contributed by atoms with Crippen LogP contribution < -0.4 is 0 Å². The molecular formula is C21H21Cl2N5. The molecule has 5 nitrogen and oxygen atoms in total. The van der Waals surface area contributed by atoms with Crippen molar-refractivity contribution in [2.75, 3.05) is 39.6 Å². The fourth-order valence-corrected chi connectivity index (χ4v) is 5.28. The monoisotopic (exact) mass is 413 g/mol. The van der Waals surface area contributed by atoms with Gasteiger partial charge < -0.3 is 0 Å². The Morgan fingerprint density at radius 2 is 1.39 bits per heavy atom. The van der Waals surface area contributed by atoms with E-state index in [0.717, 1.165) is 50.9 Å². The Labute approximate surface area is 174 Å². The molecule has 2 aromatic rings. The molecule has 0 amide bonds. The highest BCUT2D eigenvalue weighted by atomic mass is 35.5. The van der Waals surface area contributed by atoms with Crippen LogP contribution in [0.25, 0.3) is 0 Å². The largest absolute Gasteiger partial charge is 0.276 e. The van der Waals surface area contributed by atoms with E-state index in [-0.39, 0.29) is 5.41 Å². The predicted octanol–water partition coefficient (Wildman–Crippen LogP) is 3.62.